The molecule has 0 saturated heterocycles. The molecule has 0 aliphatic heterocycles. The minimum absolute atomic E-state index is 0.000566. The first-order valence-electron chi connectivity index (χ1n) is 9.33. The van der Waals surface area contributed by atoms with Crippen LogP contribution in [0.3, 0.4) is 0 Å². The topological polar surface area (TPSA) is 127 Å². The predicted molar refractivity (Wildman–Crippen MR) is 119 cm³/mol. The Balaban J connectivity index is 1.83. The van der Waals surface area contributed by atoms with Gasteiger partial charge < -0.3 is 5.73 Å². The normalized spacial score (nSPS) is 12.2. The van der Waals surface area contributed by atoms with E-state index < -0.39 is 15.9 Å². The minimum Gasteiger partial charge on any atom is -0.369 e. The molecule has 1 amide bonds. The number of rotatable bonds is 6. The highest BCUT2D eigenvalue weighted by atomic mass is 32.2. The zero-order valence-electron chi connectivity index (χ0n) is 16.7. The Bertz CT molecular complexity index is 1190. The Morgan fingerprint density at radius 1 is 1.13 bits per heavy atom. The fourth-order valence-electron chi connectivity index (χ4n) is 2.92. The fraction of sp³-hybridized carbons (Fsp3) is 0.190. The summed E-state index contributed by atoms with van der Waals surface area (Å²) in [5.74, 6) is -0.456. The lowest BCUT2D eigenvalue weighted by Gasteiger charge is -2.11. The van der Waals surface area contributed by atoms with E-state index in [2.05, 4.69) is 20.0 Å². The van der Waals surface area contributed by atoms with Gasteiger partial charge >= 0.3 is 0 Å². The molecule has 0 radical (unpaired) electrons. The molecule has 1 heterocycles. The number of aromatic nitrogens is 1. The molecule has 0 fully saturated rings. The van der Waals surface area contributed by atoms with Crippen molar-refractivity contribution < 1.29 is 13.2 Å². The van der Waals surface area contributed by atoms with Gasteiger partial charge in [0.1, 0.15) is 0 Å². The molecule has 0 aliphatic carbocycles. The average Bonchev–Trinajstić information content (AvgIpc) is 2.66. The minimum atomic E-state index is -3.46. The molecule has 1 aromatic heterocycles. The first-order valence-corrected chi connectivity index (χ1v) is 11.0. The number of para-hydroxylation sites is 1. The van der Waals surface area contributed by atoms with Crippen LogP contribution in [0.2, 0.25) is 0 Å². The molecule has 2 aromatic carbocycles. The second-order valence-electron chi connectivity index (χ2n) is 7.15. The van der Waals surface area contributed by atoms with Crippen molar-refractivity contribution in [3.05, 3.63) is 66.4 Å². The van der Waals surface area contributed by atoms with E-state index in [4.69, 9.17) is 5.73 Å². The van der Waals surface area contributed by atoms with Crippen molar-refractivity contribution in [2.75, 3.05) is 10.5 Å². The summed E-state index contributed by atoms with van der Waals surface area (Å²) in [6, 6.07) is 15.4. The lowest BCUT2D eigenvalue weighted by atomic mass is 10.1. The van der Waals surface area contributed by atoms with Gasteiger partial charge in [-0.2, -0.15) is 0 Å². The number of aliphatic imine (C=N–C) groups is 1. The Labute approximate surface area is 175 Å². The quantitative estimate of drug-likeness (QED) is 0.413. The molecule has 156 valence electrons. The van der Waals surface area contributed by atoms with E-state index in [-0.39, 0.29) is 17.6 Å². The third kappa shape index (κ3) is 5.54. The van der Waals surface area contributed by atoms with Crippen LogP contribution in [0.4, 0.5) is 11.4 Å². The molecule has 0 bridgehead atoms. The number of benzene rings is 2. The van der Waals surface area contributed by atoms with Gasteiger partial charge in [-0.25, -0.2) is 13.4 Å². The molecule has 0 saturated carbocycles. The van der Waals surface area contributed by atoms with Crippen molar-refractivity contribution in [2.45, 2.75) is 13.8 Å². The van der Waals surface area contributed by atoms with Crippen LogP contribution in [-0.4, -0.2) is 31.0 Å². The van der Waals surface area contributed by atoms with E-state index in [9.17, 15) is 13.2 Å². The van der Waals surface area contributed by atoms with Crippen molar-refractivity contribution in [2.24, 2.45) is 16.6 Å². The number of nitrogens with zero attached hydrogens (tertiary/aromatic N) is 2. The van der Waals surface area contributed by atoms with E-state index >= 15 is 0 Å². The van der Waals surface area contributed by atoms with Crippen molar-refractivity contribution in [3.8, 4) is 0 Å². The maximum atomic E-state index is 12.7. The number of carbonyl (C=O) groups is 1. The first kappa shape index (κ1) is 21.3. The van der Waals surface area contributed by atoms with E-state index in [1.54, 1.807) is 36.4 Å². The van der Waals surface area contributed by atoms with E-state index in [1.165, 1.54) is 6.20 Å². The van der Waals surface area contributed by atoms with Crippen LogP contribution in [0.15, 0.2) is 65.8 Å². The van der Waals surface area contributed by atoms with Gasteiger partial charge in [-0.15, -0.1) is 0 Å². The summed E-state index contributed by atoms with van der Waals surface area (Å²) in [5.41, 5.74) is 7.68. The molecule has 3 rings (SSSR count). The first-order chi connectivity index (χ1) is 14.2. The fourth-order valence-corrected chi connectivity index (χ4v) is 4.37. The van der Waals surface area contributed by atoms with Crippen LogP contribution >= 0.6 is 0 Å². The Morgan fingerprint density at radius 2 is 1.87 bits per heavy atom. The molecule has 3 aromatic rings. The maximum Gasteiger partial charge on any atom is 0.258 e. The number of nitrogens with two attached hydrogens (primary N) is 1. The number of pyridine rings is 1. The monoisotopic (exact) mass is 425 g/mol. The van der Waals surface area contributed by atoms with E-state index in [0.29, 0.717) is 27.8 Å². The highest BCUT2D eigenvalue weighted by Gasteiger charge is 2.15. The van der Waals surface area contributed by atoms with Gasteiger partial charge in [-0.05, 0) is 42.3 Å². The zero-order valence-corrected chi connectivity index (χ0v) is 17.5. The lowest BCUT2D eigenvalue weighted by Crippen LogP contribution is -2.36. The number of carbonyl (C=O) groups excluding carboxylic acids is 1. The molecular weight excluding hydrogens is 402 g/mol. The van der Waals surface area contributed by atoms with Crippen LogP contribution in [0.1, 0.15) is 24.2 Å². The highest BCUT2D eigenvalue weighted by Crippen LogP contribution is 2.22. The van der Waals surface area contributed by atoms with Gasteiger partial charge in [0.2, 0.25) is 16.0 Å². The largest absolute Gasteiger partial charge is 0.369 e. The molecule has 0 spiro atoms. The molecule has 0 unspecified atom stereocenters. The summed E-state index contributed by atoms with van der Waals surface area (Å²) in [7, 11) is -3.46. The maximum absolute atomic E-state index is 12.7. The molecule has 0 atom stereocenters. The third-order valence-electron chi connectivity index (χ3n) is 4.06. The van der Waals surface area contributed by atoms with E-state index in [0.717, 1.165) is 0 Å². The van der Waals surface area contributed by atoms with Gasteiger partial charge in [-0.1, -0.05) is 32.0 Å². The van der Waals surface area contributed by atoms with Gasteiger partial charge in [0.15, 0.2) is 0 Å². The van der Waals surface area contributed by atoms with Crippen LogP contribution < -0.4 is 15.8 Å². The molecular formula is C21H23N5O3S. The molecule has 9 heteroatoms. The average molecular weight is 426 g/mol. The number of guanidine groups is 1. The van der Waals surface area contributed by atoms with Crippen LogP contribution in [0, 0.1) is 5.92 Å². The number of hydrogen-bond acceptors (Lipinski definition) is 5. The Morgan fingerprint density at radius 3 is 2.57 bits per heavy atom. The Hall–Kier alpha value is -3.46. The number of hydrogen-bond donors (Lipinski definition) is 3. The SMILES string of the molecule is CC(C)CS(=O)(=O)Nc1ccc2c(C(=O)NC(N)=Nc3ccccc3)ccnc2c1. The van der Waals surface area contributed by atoms with Gasteiger partial charge in [0.25, 0.3) is 5.91 Å². The number of fused-ring (bicyclic) bond motifs is 1. The summed E-state index contributed by atoms with van der Waals surface area (Å²) in [4.78, 5) is 21.1. The van der Waals surface area contributed by atoms with Crippen molar-refractivity contribution in [1.29, 1.82) is 0 Å². The molecule has 4 N–H and O–H groups in total. The highest BCUT2D eigenvalue weighted by molar-refractivity contribution is 7.92. The predicted octanol–water partition coefficient (Wildman–Crippen LogP) is 3.01. The van der Waals surface area contributed by atoms with Crippen LogP contribution in [-0.2, 0) is 10.0 Å². The second kappa shape index (κ2) is 8.91. The van der Waals surface area contributed by atoms with E-state index in [1.807, 2.05) is 32.0 Å². The second-order valence-corrected chi connectivity index (χ2v) is 8.92. The summed E-state index contributed by atoms with van der Waals surface area (Å²) >= 11 is 0. The van der Waals surface area contributed by atoms with Crippen molar-refractivity contribution >= 4 is 44.2 Å². The summed E-state index contributed by atoms with van der Waals surface area (Å²) < 4.78 is 26.9. The lowest BCUT2D eigenvalue weighted by molar-refractivity contribution is 0.0978. The van der Waals surface area contributed by atoms with Crippen molar-refractivity contribution in [1.82, 2.24) is 10.3 Å². The summed E-state index contributed by atoms with van der Waals surface area (Å²) in [5, 5.41) is 3.12. The standard InChI is InChI=1S/C21H23N5O3S/c1-14(2)13-30(28,29)26-16-8-9-17-18(10-11-23-19(17)12-16)20(27)25-21(22)24-15-6-4-3-5-7-15/h3-12,14,26H,13H2,1-2H3,(H3,22,24,25,27). The van der Waals surface area contributed by atoms with Gasteiger partial charge in [-0.3, -0.25) is 19.8 Å². The molecule has 30 heavy (non-hydrogen) atoms. The summed E-state index contributed by atoms with van der Waals surface area (Å²) in [6.07, 6.45) is 1.48. The number of nitrogens with one attached hydrogen (secondary N) is 2. The number of amides is 1. The summed E-state index contributed by atoms with van der Waals surface area (Å²) in [6.45, 7) is 3.66. The Kier molecular flexibility index (Phi) is 6.31. The molecule has 8 nitrogen and oxygen atoms in total. The van der Waals surface area contributed by atoms with Gasteiger partial charge in [0.05, 0.1) is 28.2 Å². The van der Waals surface area contributed by atoms with Crippen LogP contribution in [0.25, 0.3) is 10.9 Å². The number of sulfonamides is 1. The smallest absolute Gasteiger partial charge is 0.258 e. The zero-order chi connectivity index (χ0) is 21.7. The van der Waals surface area contributed by atoms with Gasteiger partial charge in [0, 0.05) is 11.6 Å². The number of anilines is 1. The van der Waals surface area contributed by atoms with Crippen LogP contribution in [0.5, 0.6) is 0 Å². The van der Waals surface area contributed by atoms with Crippen molar-refractivity contribution in [3.63, 3.8) is 0 Å². The molecule has 0 aliphatic rings. The third-order valence-corrected chi connectivity index (χ3v) is 5.71.